The number of ether oxygens (including phenoxy) is 2. The molecule has 0 fully saturated rings. The third-order valence-corrected chi connectivity index (χ3v) is 4.73. The molecule has 0 unspecified atom stereocenters. The van der Waals surface area contributed by atoms with Gasteiger partial charge in [-0.15, -0.1) is 0 Å². The molecule has 4 nitrogen and oxygen atoms in total. The zero-order valence-electron chi connectivity index (χ0n) is 15.8. The molecular formula is C23H24O4. The first kappa shape index (κ1) is 19.1. The molecule has 3 aromatic carbocycles. The van der Waals surface area contributed by atoms with Crippen molar-refractivity contribution in [1.82, 2.24) is 0 Å². The quantitative estimate of drug-likeness (QED) is 0.660. The van der Waals surface area contributed by atoms with Crippen LogP contribution in [0.4, 0.5) is 0 Å². The molecular weight excluding hydrogens is 340 g/mol. The van der Waals surface area contributed by atoms with Gasteiger partial charge in [-0.3, -0.25) is 0 Å². The number of rotatable bonds is 6. The van der Waals surface area contributed by atoms with Crippen LogP contribution in [0.2, 0.25) is 0 Å². The fraction of sp³-hybridized carbons (Fsp3) is 0.261. The molecule has 0 amide bonds. The summed E-state index contributed by atoms with van der Waals surface area (Å²) in [6.45, 7) is 3.73. The molecule has 0 saturated heterocycles. The number of fused-ring (bicyclic) bond motifs is 1. The Bertz CT molecular complexity index is 918. The Morgan fingerprint density at radius 1 is 0.926 bits per heavy atom. The molecule has 3 aromatic rings. The molecule has 0 aromatic heterocycles. The van der Waals surface area contributed by atoms with Crippen molar-refractivity contribution in [2.45, 2.75) is 31.7 Å². The Morgan fingerprint density at radius 3 is 2.22 bits per heavy atom. The van der Waals surface area contributed by atoms with Crippen molar-refractivity contribution in [3.8, 4) is 0 Å². The molecule has 2 atom stereocenters. The number of benzene rings is 3. The van der Waals surface area contributed by atoms with Crippen LogP contribution in [0.5, 0.6) is 0 Å². The zero-order valence-corrected chi connectivity index (χ0v) is 15.8. The molecule has 0 bridgehead atoms. The van der Waals surface area contributed by atoms with Crippen LogP contribution < -0.4 is 0 Å². The summed E-state index contributed by atoms with van der Waals surface area (Å²) in [6, 6.07) is 23.1. The average Bonchev–Trinajstić information content (AvgIpc) is 2.71. The van der Waals surface area contributed by atoms with Crippen molar-refractivity contribution in [2.24, 2.45) is 0 Å². The van der Waals surface area contributed by atoms with Gasteiger partial charge in [0.2, 0.25) is 0 Å². The second kappa shape index (κ2) is 7.91. The molecule has 0 aliphatic heterocycles. The van der Waals surface area contributed by atoms with Gasteiger partial charge in [-0.2, -0.15) is 0 Å². The van der Waals surface area contributed by atoms with E-state index in [4.69, 9.17) is 9.47 Å². The Labute approximate surface area is 159 Å². The van der Waals surface area contributed by atoms with Crippen LogP contribution in [-0.4, -0.2) is 24.3 Å². The molecule has 1 N–H and O–H groups in total. The third-order valence-electron chi connectivity index (χ3n) is 4.73. The van der Waals surface area contributed by atoms with Gasteiger partial charge < -0.3 is 14.6 Å². The van der Waals surface area contributed by atoms with Gasteiger partial charge in [-0.25, -0.2) is 4.79 Å². The highest BCUT2D eigenvalue weighted by atomic mass is 16.6. The largest absolute Gasteiger partial charge is 0.467 e. The van der Waals surface area contributed by atoms with Gasteiger partial charge >= 0.3 is 5.97 Å². The van der Waals surface area contributed by atoms with E-state index in [-0.39, 0.29) is 0 Å². The number of methoxy groups -OCH3 is 1. The summed E-state index contributed by atoms with van der Waals surface area (Å²) >= 11 is 0. The van der Waals surface area contributed by atoms with Crippen LogP contribution in [0.1, 0.15) is 31.1 Å². The van der Waals surface area contributed by atoms with Crippen LogP contribution in [0.3, 0.4) is 0 Å². The number of hydrogen-bond donors (Lipinski definition) is 1. The minimum Gasteiger partial charge on any atom is -0.467 e. The van der Waals surface area contributed by atoms with Gasteiger partial charge in [0, 0.05) is 0 Å². The van der Waals surface area contributed by atoms with E-state index in [0.717, 1.165) is 16.3 Å². The van der Waals surface area contributed by atoms with Crippen LogP contribution in [0, 0.1) is 0 Å². The van der Waals surface area contributed by atoms with Gasteiger partial charge in [-0.1, -0.05) is 66.7 Å². The minimum atomic E-state index is -1.15. The standard InChI is InChI=1S/C23H24O4/c1-23(2,19-11-5-4-6-12-19)27-21(22(25)26-3)20(24)18-14-13-16-9-7-8-10-17(16)15-18/h4-15,20-21,24H,1-3H3/t20-,21+/m0/s1. The number of carbonyl (C=O) groups excluding carboxylic acids is 1. The Balaban J connectivity index is 1.92. The molecule has 0 heterocycles. The summed E-state index contributed by atoms with van der Waals surface area (Å²) in [5, 5.41) is 13.0. The maximum Gasteiger partial charge on any atom is 0.338 e. The topological polar surface area (TPSA) is 55.8 Å². The van der Waals surface area contributed by atoms with Crippen molar-refractivity contribution < 1.29 is 19.4 Å². The van der Waals surface area contributed by atoms with E-state index >= 15 is 0 Å². The molecule has 3 rings (SSSR count). The number of carbonyl (C=O) groups is 1. The summed E-state index contributed by atoms with van der Waals surface area (Å²) in [5.74, 6) is -0.611. The summed E-state index contributed by atoms with van der Waals surface area (Å²) < 4.78 is 11.0. The maximum absolute atomic E-state index is 12.4. The maximum atomic E-state index is 12.4. The second-order valence-corrected chi connectivity index (χ2v) is 6.99. The molecule has 0 aliphatic carbocycles. The third kappa shape index (κ3) is 4.18. The second-order valence-electron chi connectivity index (χ2n) is 6.99. The SMILES string of the molecule is COC(=O)[C@H](OC(C)(C)c1ccccc1)[C@@H](O)c1ccc2ccccc2c1. The summed E-state index contributed by atoms with van der Waals surface area (Å²) in [5.41, 5.74) is 0.732. The molecule has 27 heavy (non-hydrogen) atoms. The fourth-order valence-corrected chi connectivity index (χ4v) is 3.15. The van der Waals surface area contributed by atoms with Crippen LogP contribution in [0.15, 0.2) is 72.8 Å². The fourth-order valence-electron chi connectivity index (χ4n) is 3.15. The highest BCUT2D eigenvalue weighted by Crippen LogP contribution is 2.32. The first-order valence-corrected chi connectivity index (χ1v) is 8.90. The van der Waals surface area contributed by atoms with E-state index in [1.54, 1.807) is 0 Å². The van der Waals surface area contributed by atoms with Crippen molar-refractivity contribution in [2.75, 3.05) is 7.11 Å². The monoisotopic (exact) mass is 364 g/mol. The lowest BCUT2D eigenvalue weighted by Crippen LogP contribution is -2.38. The first-order valence-electron chi connectivity index (χ1n) is 8.90. The normalized spacial score (nSPS) is 13.9. The first-order chi connectivity index (χ1) is 12.9. The van der Waals surface area contributed by atoms with Gasteiger partial charge in [0.15, 0.2) is 6.10 Å². The van der Waals surface area contributed by atoms with Gasteiger partial charge in [-0.05, 0) is 41.8 Å². The van der Waals surface area contributed by atoms with Crippen molar-refractivity contribution in [1.29, 1.82) is 0 Å². The molecule has 0 aliphatic rings. The van der Waals surface area contributed by atoms with Crippen LogP contribution in [-0.2, 0) is 19.9 Å². The highest BCUT2D eigenvalue weighted by Gasteiger charge is 2.36. The lowest BCUT2D eigenvalue weighted by molar-refractivity contribution is -0.179. The highest BCUT2D eigenvalue weighted by molar-refractivity contribution is 5.83. The van der Waals surface area contributed by atoms with Gasteiger partial charge in [0.1, 0.15) is 6.10 Å². The molecule has 0 spiro atoms. The van der Waals surface area contributed by atoms with Gasteiger partial charge in [0.05, 0.1) is 12.7 Å². The van der Waals surface area contributed by atoms with Crippen molar-refractivity contribution >= 4 is 16.7 Å². The zero-order chi connectivity index (χ0) is 19.4. The van der Waals surface area contributed by atoms with E-state index in [1.165, 1.54) is 7.11 Å². The van der Waals surface area contributed by atoms with E-state index in [0.29, 0.717) is 5.56 Å². The smallest absolute Gasteiger partial charge is 0.338 e. The molecule has 140 valence electrons. The molecule has 4 heteroatoms. The summed E-state index contributed by atoms with van der Waals surface area (Å²) in [6.07, 6.45) is -2.29. The number of aliphatic hydroxyl groups is 1. The summed E-state index contributed by atoms with van der Waals surface area (Å²) in [4.78, 5) is 12.4. The van der Waals surface area contributed by atoms with Crippen molar-refractivity contribution in [3.63, 3.8) is 0 Å². The lowest BCUT2D eigenvalue weighted by Gasteiger charge is -2.32. The molecule has 0 radical (unpaired) electrons. The van der Waals surface area contributed by atoms with Crippen LogP contribution >= 0.6 is 0 Å². The Morgan fingerprint density at radius 2 is 1.56 bits per heavy atom. The van der Waals surface area contributed by atoms with E-state index < -0.39 is 23.8 Å². The number of aliphatic hydroxyl groups excluding tert-OH is 1. The number of esters is 1. The Kier molecular flexibility index (Phi) is 5.59. The number of hydrogen-bond acceptors (Lipinski definition) is 4. The van der Waals surface area contributed by atoms with E-state index in [1.807, 2.05) is 86.6 Å². The Hall–Kier alpha value is -2.69. The predicted octanol–water partition coefficient (Wildman–Crippen LogP) is 4.37. The van der Waals surface area contributed by atoms with Crippen LogP contribution in [0.25, 0.3) is 10.8 Å². The minimum absolute atomic E-state index is 0.605. The predicted molar refractivity (Wildman–Crippen MR) is 105 cm³/mol. The van der Waals surface area contributed by atoms with E-state index in [2.05, 4.69) is 0 Å². The average molecular weight is 364 g/mol. The summed E-state index contributed by atoms with van der Waals surface area (Å²) in [7, 11) is 1.29. The van der Waals surface area contributed by atoms with Crippen molar-refractivity contribution in [3.05, 3.63) is 83.9 Å². The van der Waals surface area contributed by atoms with E-state index in [9.17, 15) is 9.90 Å². The van der Waals surface area contributed by atoms with Gasteiger partial charge in [0.25, 0.3) is 0 Å². The molecule has 0 saturated carbocycles. The lowest BCUT2D eigenvalue weighted by atomic mass is 9.96.